The van der Waals surface area contributed by atoms with Crippen molar-refractivity contribution in [2.75, 3.05) is 37.7 Å². The van der Waals surface area contributed by atoms with E-state index in [0.29, 0.717) is 26.2 Å². The summed E-state index contributed by atoms with van der Waals surface area (Å²) in [5.74, 6) is 5.67. The van der Waals surface area contributed by atoms with E-state index in [2.05, 4.69) is 22.1 Å². The fraction of sp³-hybridized carbons (Fsp3) is 0.364. The van der Waals surface area contributed by atoms with Crippen molar-refractivity contribution in [3.8, 4) is 11.8 Å². The molecule has 1 fully saturated rings. The molecule has 3 N–H and O–H groups in total. The fourth-order valence-electron chi connectivity index (χ4n) is 3.20. The number of Topliss-reactive ketones (excluding diaryl/α,β-unsaturated/α-hetero) is 1. The number of carbonyl (C=O) groups excluding carboxylic acids is 2. The highest BCUT2D eigenvalue weighted by Gasteiger charge is 2.28. The molecule has 1 aliphatic rings. The highest BCUT2D eigenvalue weighted by Crippen LogP contribution is 2.17. The van der Waals surface area contributed by atoms with Crippen LogP contribution in [0.4, 0.5) is 10.5 Å². The molecule has 0 spiro atoms. The molecule has 8 heteroatoms. The summed E-state index contributed by atoms with van der Waals surface area (Å²) in [7, 11) is 0. The number of benzene rings is 1. The molecule has 3 rings (SSSR count). The van der Waals surface area contributed by atoms with Crippen LogP contribution in [0.5, 0.6) is 0 Å². The molecule has 1 aliphatic heterocycles. The van der Waals surface area contributed by atoms with Crippen LogP contribution in [0.1, 0.15) is 18.1 Å². The zero-order valence-corrected chi connectivity index (χ0v) is 17.6. The summed E-state index contributed by atoms with van der Waals surface area (Å²) in [4.78, 5) is 27.9. The van der Waals surface area contributed by atoms with Gasteiger partial charge in [0.1, 0.15) is 12.6 Å². The van der Waals surface area contributed by atoms with Gasteiger partial charge in [-0.3, -0.25) is 4.79 Å². The van der Waals surface area contributed by atoms with Crippen LogP contribution in [0.15, 0.2) is 41.1 Å². The van der Waals surface area contributed by atoms with Crippen molar-refractivity contribution >= 4 is 28.8 Å². The molecule has 158 valence electrons. The Balaban J connectivity index is 1.53. The molecule has 2 atom stereocenters. The Bertz CT molecular complexity index is 908. The number of thiophene rings is 1. The number of amides is 2. The SMILES string of the molecule is C[C@H](O)[C@@H](NC(=O)N1CCN(c2ccc(C#Cc3ccsc3)cc2)CC1)C(=O)CO. The number of nitrogens with one attached hydrogen (secondary N) is 1. The van der Waals surface area contributed by atoms with Gasteiger partial charge in [-0.2, -0.15) is 11.3 Å². The maximum atomic E-state index is 12.4. The Labute approximate surface area is 179 Å². The molecule has 2 amide bonds. The quantitative estimate of drug-likeness (QED) is 0.626. The van der Waals surface area contributed by atoms with E-state index in [1.165, 1.54) is 6.92 Å². The number of piperazine rings is 1. The molecule has 1 aromatic carbocycles. The molecule has 0 radical (unpaired) electrons. The largest absolute Gasteiger partial charge is 0.391 e. The summed E-state index contributed by atoms with van der Waals surface area (Å²) in [5.41, 5.74) is 3.02. The number of carbonyl (C=O) groups is 2. The van der Waals surface area contributed by atoms with Gasteiger partial charge >= 0.3 is 6.03 Å². The van der Waals surface area contributed by atoms with Crippen molar-refractivity contribution in [3.05, 3.63) is 52.2 Å². The Kier molecular flexibility index (Phi) is 7.46. The molecule has 2 aromatic rings. The van der Waals surface area contributed by atoms with Gasteiger partial charge in [0.25, 0.3) is 0 Å². The first kappa shape index (κ1) is 21.8. The van der Waals surface area contributed by atoms with Crippen LogP contribution >= 0.6 is 11.3 Å². The van der Waals surface area contributed by atoms with Crippen molar-refractivity contribution < 1.29 is 19.8 Å². The van der Waals surface area contributed by atoms with E-state index < -0.39 is 30.6 Å². The Morgan fingerprint density at radius 2 is 1.77 bits per heavy atom. The zero-order valence-electron chi connectivity index (χ0n) is 16.7. The highest BCUT2D eigenvalue weighted by molar-refractivity contribution is 7.08. The summed E-state index contributed by atoms with van der Waals surface area (Å²) in [6.45, 7) is 2.97. The topological polar surface area (TPSA) is 93.1 Å². The van der Waals surface area contributed by atoms with Gasteiger partial charge in [0.05, 0.1) is 6.10 Å². The number of aliphatic hydroxyl groups is 2. The molecule has 0 bridgehead atoms. The minimum Gasteiger partial charge on any atom is -0.391 e. The van der Waals surface area contributed by atoms with Crippen molar-refractivity contribution in [3.63, 3.8) is 0 Å². The number of aliphatic hydroxyl groups excluding tert-OH is 2. The Morgan fingerprint density at radius 3 is 2.33 bits per heavy atom. The average Bonchev–Trinajstić information content (AvgIpc) is 3.29. The highest BCUT2D eigenvalue weighted by atomic mass is 32.1. The van der Waals surface area contributed by atoms with Crippen molar-refractivity contribution in [1.29, 1.82) is 0 Å². The van der Waals surface area contributed by atoms with E-state index in [9.17, 15) is 14.7 Å². The van der Waals surface area contributed by atoms with Gasteiger partial charge in [0.2, 0.25) is 0 Å². The molecule has 1 saturated heterocycles. The first-order valence-corrected chi connectivity index (χ1v) is 10.7. The van der Waals surface area contributed by atoms with Crippen molar-refractivity contribution in [2.45, 2.75) is 19.1 Å². The maximum absolute atomic E-state index is 12.4. The minimum atomic E-state index is -1.11. The summed E-state index contributed by atoms with van der Waals surface area (Å²) in [6, 6.07) is 8.49. The second-order valence-corrected chi connectivity index (χ2v) is 7.86. The van der Waals surface area contributed by atoms with Crippen LogP contribution in [0.2, 0.25) is 0 Å². The molecule has 0 unspecified atom stereocenters. The molecule has 7 nitrogen and oxygen atoms in total. The van der Waals surface area contributed by atoms with Crippen LogP contribution in [0, 0.1) is 11.8 Å². The Hall–Kier alpha value is -2.86. The van der Waals surface area contributed by atoms with E-state index in [4.69, 9.17) is 5.11 Å². The number of ketones is 1. The lowest BCUT2D eigenvalue weighted by Gasteiger charge is -2.36. The third-order valence-electron chi connectivity index (χ3n) is 4.94. The normalized spacial score (nSPS) is 15.7. The lowest BCUT2D eigenvalue weighted by molar-refractivity contribution is -0.125. The lowest BCUT2D eigenvalue weighted by atomic mass is 10.1. The lowest BCUT2D eigenvalue weighted by Crippen LogP contribution is -2.57. The third-order valence-corrected chi connectivity index (χ3v) is 5.62. The smallest absolute Gasteiger partial charge is 0.318 e. The van der Waals surface area contributed by atoms with Crippen molar-refractivity contribution in [1.82, 2.24) is 10.2 Å². The fourth-order valence-corrected chi connectivity index (χ4v) is 3.78. The number of hydrogen-bond acceptors (Lipinski definition) is 6. The molecular weight excluding hydrogens is 402 g/mol. The second kappa shape index (κ2) is 10.3. The van der Waals surface area contributed by atoms with Crippen LogP contribution in [-0.2, 0) is 4.79 Å². The molecule has 2 heterocycles. The van der Waals surface area contributed by atoms with E-state index in [0.717, 1.165) is 16.8 Å². The summed E-state index contributed by atoms with van der Waals surface area (Å²) in [6.07, 6.45) is -1.07. The van der Waals surface area contributed by atoms with Crippen LogP contribution in [-0.4, -0.2) is 71.9 Å². The van der Waals surface area contributed by atoms with Gasteiger partial charge in [-0.05, 0) is 42.6 Å². The standard InChI is InChI=1S/C22H25N3O4S/c1-16(27)21(20(28)14-26)23-22(29)25-11-9-24(10-12-25)19-6-4-17(5-7-19)2-3-18-8-13-30-15-18/h4-8,13,15-16,21,26-27H,9-12,14H2,1H3,(H,23,29)/t16-,21+/m0/s1. The molecule has 1 aromatic heterocycles. The van der Waals surface area contributed by atoms with Gasteiger partial charge in [-0.15, -0.1) is 0 Å². The third kappa shape index (κ3) is 5.60. The second-order valence-electron chi connectivity index (χ2n) is 7.08. The number of urea groups is 1. The average molecular weight is 428 g/mol. The van der Waals surface area contributed by atoms with Gasteiger partial charge < -0.3 is 25.3 Å². The monoisotopic (exact) mass is 427 g/mol. The van der Waals surface area contributed by atoms with Crippen LogP contribution in [0.3, 0.4) is 0 Å². The van der Waals surface area contributed by atoms with Gasteiger partial charge in [0.15, 0.2) is 5.78 Å². The van der Waals surface area contributed by atoms with Gasteiger partial charge in [0, 0.05) is 48.4 Å². The van der Waals surface area contributed by atoms with E-state index >= 15 is 0 Å². The first-order valence-electron chi connectivity index (χ1n) is 9.74. The van der Waals surface area contributed by atoms with E-state index in [1.807, 2.05) is 41.1 Å². The Morgan fingerprint density at radius 1 is 1.10 bits per heavy atom. The minimum absolute atomic E-state index is 0.415. The first-order chi connectivity index (χ1) is 14.5. The molecule has 0 saturated carbocycles. The molecule has 30 heavy (non-hydrogen) atoms. The van der Waals surface area contributed by atoms with Crippen molar-refractivity contribution in [2.24, 2.45) is 0 Å². The maximum Gasteiger partial charge on any atom is 0.318 e. The number of nitrogens with zero attached hydrogens (tertiary/aromatic N) is 2. The summed E-state index contributed by atoms with van der Waals surface area (Å²) >= 11 is 1.62. The number of hydrogen-bond donors (Lipinski definition) is 3. The zero-order chi connectivity index (χ0) is 21.5. The summed E-state index contributed by atoms with van der Waals surface area (Å²) in [5, 5.41) is 25.2. The molecular formula is C22H25N3O4S. The number of anilines is 1. The predicted octanol–water partition coefficient (Wildman–Crippen LogP) is 1.29. The van der Waals surface area contributed by atoms with Crippen LogP contribution in [0.25, 0.3) is 0 Å². The molecule has 0 aliphatic carbocycles. The number of rotatable bonds is 5. The van der Waals surface area contributed by atoms with Gasteiger partial charge in [-0.1, -0.05) is 11.8 Å². The van der Waals surface area contributed by atoms with Crippen LogP contribution < -0.4 is 10.2 Å². The van der Waals surface area contributed by atoms with Gasteiger partial charge in [-0.25, -0.2) is 4.79 Å². The predicted molar refractivity (Wildman–Crippen MR) is 117 cm³/mol. The summed E-state index contributed by atoms with van der Waals surface area (Å²) < 4.78 is 0. The van der Waals surface area contributed by atoms with E-state index in [-0.39, 0.29) is 0 Å². The van der Waals surface area contributed by atoms with E-state index in [1.54, 1.807) is 16.2 Å².